The molecule has 1 aromatic carbocycles. The number of rotatable bonds is 3. The van der Waals surface area contributed by atoms with Gasteiger partial charge in [-0.25, -0.2) is 4.79 Å². The van der Waals surface area contributed by atoms with Crippen LogP contribution in [0.2, 0.25) is 0 Å². The van der Waals surface area contributed by atoms with E-state index in [0.29, 0.717) is 17.0 Å². The maximum atomic E-state index is 10.8. The minimum absolute atomic E-state index is 0.0131. The summed E-state index contributed by atoms with van der Waals surface area (Å²) in [6, 6.07) is 3.08. The van der Waals surface area contributed by atoms with Gasteiger partial charge in [-0.15, -0.1) is 0 Å². The summed E-state index contributed by atoms with van der Waals surface area (Å²) >= 11 is 0. The first-order valence-electron chi connectivity index (χ1n) is 5.62. The van der Waals surface area contributed by atoms with Crippen LogP contribution in [0.25, 0.3) is 11.3 Å². The summed E-state index contributed by atoms with van der Waals surface area (Å²) in [7, 11) is 1.46. The third-order valence-electron chi connectivity index (χ3n) is 3.13. The summed E-state index contributed by atoms with van der Waals surface area (Å²) in [5, 5.41) is 25.2. The SMILES string of the molecule is COc1cc(-c2cc(C(=O)O)[nH]n2)c(C)c(C)c1O. The zero-order chi connectivity index (χ0) is 14.2. The fraction of sp³-hybridized carbons (Fsp3) is 0.231. The fourth-order valence-corrected chi connectivity index (χ4v) is 1.86. The lowest BCUT2D eigenvalue weighted by Gasteiger charge is -2.12. The lowest BCUT2D eigenvalue weighted by molar-refractivity contribution is 0.0690. The van der Waals surface area contributed by atoms with Crippen LogP contribution in [0.4, 0.5) is 0 Å². The minimum Gasteiger partial charge on any atom is -0.504 e. The second-order valence-corrected chi connectivity index (χ2v) is 4.20. The number of phenolic OH excluding ortho intramolecular Hbond substituents is 1. The molecule has 0 aliphatic carbocycles. The Morgan fingerprint density at radius 1 is 1.32 bits per heavy atom. The lowest BCUT2D eigenvalue weighted by atomic mass is 9.99. The number of aromatic carboxylic acids is 1. The topological polar surface area (TPSA) is 95.4 Å². The highest BCUT2D eigenvalue weighted by Crippen LogP contribution is 2.37. The number of hydrogen-bond donors (Lipinski definition) is 3. The van der Waals surface area contributed by atoms with E-state index in [-0.39, 0.29) is 11.4 Å². The van der Waals surface area contributed by atoms with E-state index in [9.17, 15) is 9.90 Å². The summed E-state index contributed by atoms with van der Waals surface area (Å²) in [6.07, 6.45) is 0. The van der Waals surface area contributed by atoms with Gasteiger partial charge in [0.2, 0.25) is 0 Å². The van der Waals surface area contributed by atoms with Crippen molar-refractivity contribution in [1.82, 2.24) is 10.2 Å². The Kier molecular flexibility index (Phi) is 3.16. The molecule has 19 heavy (non-hydrogen) atoms. The molecule has 0 radical (unpaired) electrons. The highest BCUT2D eigenvalue weighted by Gasteiger charge is 2.16. The summed E-state index contributed by atoms with van der Waals surface area (Å²) in [5.74, 6) is -0.658. The van der Waals surface area contributed by atoms with Crippen LogP contribution in [-0.2, 0) is 0 Å². The summed E-state index contributed by atoms with van der Waals surface area (Å²) in [5.41, 5.74) is 2.72. The molecule has 3 N–H and O–H groups in total. The van der Waals surface area contributed by atoms with Gasteiger partial charge in [-0.3, -0.25) is 5.10 Å². The number of hydrogen-bond acceptors (Lipinski definition) is 4. The smallest absolute Gasteiger partial charge is 0.353 e. The molecule has 0 atom stereocenters. The average molecular weight is 262 g/mol. The van der Waals surface area contributed by atoms with Crippen LogP contribution in [0.3, 0.4) is 0 Å². The van der Waals surface area contributed by atoms with E-state index in [2.05, 4.69) is 10.2 Å². The quantitative estimate of drug-likeness (QED) is 0.787. The summed E-state index contributed by atoms with van der Waals surface area (Å²) in [6.45, 7) is 3.60. The predicted molar refractivity (Wildman–Crippen MR) is 68.7 cm³/mol. The van der Waals surface area contributed by atoms with Crippen LogP contribution in [-0.4, -0.2) is 33.5 Å². The molecule has 0 saturated heterocycles. The van der Waals surface area contributed by atoms with E-state index in [1.54, 1.807) is 13.0 Å². The van der Waals surface area contributed by atoms with Crippen molar-refractivity contribution >= 4 is 5.97 Å². The van der Waals surface area contributed by atoms with Crippen molar-refractivity contribution in [3.63, 3.8) is 0 Å². The van der Waals surface area contributed by atoms with Crippen LogP contribution in [0.15, 0.2) is 12.1 Å². The molecule has 0 aliphatic rings. The Morgan fingerprint density at radius 3 is 2.53 bits per heavy atom. The van der Waals surface area contributed by atoms with E-state index in [0.717, 1.165) is 11.1 Å². The lowest BCUT2D eigenvalue weighted by Crippen LogP contribution is -1.95. The van der Waals surface area contributed by atoms with Gasteiger partial charge in [0.25, 0.3) is 0 Å². The van der Waals surface area contributed by atoms with Crippen molar-refractivity contribution in [2.24, 2.45) is 0 Å². The molecule has 0 amide bonds. The first-order valence-corrected chi connectivity index (χ1v) is 5.62. The van der Waals surface area contributed by atoms with E-state index in [1.807, 2.05) is 6.92 Å². The molecule has 0 spiro atoms. The molecular formula is C13H14N2O4. The normalized spacial score (nSPS) is 10.5. The second kappa shape index (κ2) is 4.64. The number of aromatic hydroxyl groups is 1. The van der Waals surface area contributed by atoms with Gasteiger partial charge in [0, 0.05) is 5.56 Å². The Labute approximate surface area is 109 Å². The third kappa shape index (κ3) is 2.12. The monoisotopic (exact) mass is 262 g/mol. The van der Waals surface area contributed by atoms with Gasteiger partial charge < -0.3 is 14.9 Å². The molecule has 1 aromatic heterocycles. The second-order valence-electron chi connectivity index (χ2n) is 4.20. The van der Waals surface area contributed by atoms with Gasteiger partial charge >= 0.3 is 5.97 Å². The Balaban J connectivity index is 2.61. The number of methoxy groups -OCH3 is 1. The third-order valence-corrected chi connectivity index (χ3v) is 3.13. The summed E-state index contributed by atoms with van der Waals surface area (Å²) in [4.78, 5) is 10.8. The number of aromatic amines is 1. The maximum Gasteiger partial charge on any atom is 0.353 e. The van der Waals surface area contributed by atoms with Crippen LogP contribution >= 0.6 is 0 Å². The van der Waals surface area contributed by atoms with Gasteiger partial charge in [-0.05, 0) is 37.1 Å². The number of carboxylic acid groups (broad SMARTS) is 1. The highest BCUT2D eigenvalue weighted by molar-refractivity contribution is 5.87. The van der Waals surface area contributed by atoms with Gasteiger partial charge in [0.1, 0.15) is 5.69 Å². The molecule has 2 rings (SSSR count). The molecule has 0 fully saturated rings. The first-order chi connectivity index (χ1) is 8.95. The van der Waals surface area contributed by atoms with E-state index in [1.165, 1.54) is 13.2 Å². The van der Waals surface area contributed by atoms with Crippen molar-refractivity contribution in [3.05, 3.63) is 29.0 Å². The van der Waals surface area contributed by atoms with E-state index < -0.39 is 5.97 Å². The van der Waals surface area contributed by atoms with Crippen molar-refractivity contribution in [1.29, 1.82) is 0 Å². The maximum absolute atomic E-state index is 10.8. The number of phenols is 1. The average Bonchev–Trinajstić information content (AvgIpc) is 2.86. The molecule has 6 nitrogen and oxygen atoms in total. The first kappa shape index (κ1) is 12.9. The van der Waals surface area contributed by atoms with Crippen molar-refractivity contribution < 1.29 is 19.7 Å². The Hall–Kier alpha value is -2.50. The fourth-order valence-electron chi connectivity index (χ4n) is 1.86. The molecule has 0 aliphatic heterocycles. The minimum atomic E-state index is -1.07. The Bertz CT molecular complexity index is 646. The van der Waals surface area contributed by atoms with E-state index in [4.69, 9.17) is 9.84 Å². The molecule has 0 saturated carbocycles. The van der Waals surface area contributed by atoms with Gasteiger partial charge in [-0.1, -0.05) is 0 Å². The van der Waals surface area contributed by atoms with Crippen molar-refractivity contribution in [2.75, 3.05) is 7.11 Å². The van der Waals surface area contributed by atoms with E-state index >= 15 is 0 Å². The number of H-pyrrole nitrogens is 1. The van der Waals surface area contributed by atoms with Gasteiger partial charge in [-0.2, -0.15) is 5.10 Å². The molecule has 1 heterocycles. The van der Waals surface area contributed by atoms with Crippen LogP contribution in [0.1, 0.15) is 21.6 Å². The number of ether oxygens (including phenoxy) is 1. The largest absolute Gasteiger partial charge is 0.504 e. The number of nitrogens with one attached hydrogen (secondary N) is 1. The van der Waals surface area contributed by atoms with Crippen LogP contribution in [0, 0.1) is 13.8 Å². The van der Waals surface area contributed by atoms with Crippen molar-refractivity contribution in [3.8, 4) is 22.8 Å². The zero-order valence-corrected chi connectivity index (χ0v) is 10.8. The molecule has 2 aromatic rings. The molecular weight excluding hydrogens is 248 g/mol. The molecule has 6 heteroatoms. The standard InChI is InChI=1S/C13H14N2O4/c1-6-7(2)12(16)11(19-3)4-8(6)9-5-10(13(17)18)15-14-9/h4-5,16H,1-3H3,(H,14,15)(H,17,18). The van der Waals surface area contributed by atoms with Gasteiger partial charge in [0.05, 0.1) is 12.8 Å². The van der Waals surface area contributed by atoms with Crippen LogP contribution in [0.5, 0.6) is 11.5 Å². The number of carboxylic acids is 1. The molecule has 0 unspecified atom stereocenters. The number of nitrogens with zero attached hydrogens (tertiary/aromatic N) is 1. The predicted octanol–water partition coefficient (Wildman–Crippen LogP) is 2.11. The van der Waals surface area contributed by atoms with Crippen molar-refractivity contribution in [2.45, 2.75) is 13.8 Å². The number of aromatic nitrogens is 2. The Morgan fingerprint density at radius 2 is 2.00 bits per heavy atom. The molecule has 0 bridgehead atoms. The number of benzene rings is 1. The summed E-state index contributed by atoms with van der Waals surface area (Å²) < 4.78 is 5.09. The van der Waals surface area contributed by atoms with Crippen LogP contribution < -0.4 is 4.74 Å². The number of carbonyl (C=O) groups is 1. The molecule has 100 valence electrons. The van der Waals surface area contributed by atoms with Gasteiger partial charge in [0.15, 0.2) is 11.5 Å². The zero-order valence-electron chi connectivity index (χ0n) is 10.8. The highest BCUT2D eigenvalue weighted by atomic mass is 16.5.